The number of aliphatic hydroxyl groups is 1. The van der Waals surface area contributed by atoms with E-state index in [1.165, 1.54) is 38.3 Å². The Morgan fingerprint density at radius 1 is 0.488 bits per heavy atom. The fourth-order valence-electron chi connectivity index (χ4n) is 10.9. The lowest BCUT2D eigenvalue weighted by Crippen LogP contribution is -2.52. The molecule has 2 unspecified atom stereocenters. The zero-order valence-corrected chi connectivity index (χ0v) is 47.8. The number of nitrogens with zero attached hydrogens (tertiary/aromatic N) is 1. The van der Waals surface area contributed by atoms with Gasteiger partial charge >= 0.3 is 5.97 Å². The molecule has 10 rings (SSSR count). The molecule has 0 radical (unpaired) electrons. The van der Waals surface area contributed by atoms with Gasteiger partial charge in [-0.25, -0.2) is 4.79 Å². The zero-order valence-electron chi connectivity index (χ0n) is 47.8. The Balaban J connectivity index is 0.000000232. The predicted molar refractivity (Wildman–Crippen MR) is 331 cm³/mol. The van der Waals surface area contributed by atoms with Gasteiger partial charge in [-0.1, -0.05) is 218 Å². The average Bonchev–Trinajstić information content (AvgIpc) is 3.62. The van der Waals surface area contributed by atoms with Crippen LogP contribution >= 0.6 is 0 Å². The van der Waals surface area contributed by atoms with Crippen molar-refractivity contribution < 1.29 is 38.6 Å². The minimum absolute atomic E-state index is 0.0138. The molecule has 2 atom stereocenters. The molecule has 84 heavy (non-hydrogen) atoms. The molecule has 0 spiro atoms. The second-order valence-electron chi connectivity index (χ2n) is 21.7. The summed E-state index contributed by atoms with van der Waals surface area (Å²) in [6.07, 6.45) is 12.8. The van der Waals surface area contributed by atoms with Gasteiger partial charge in [-0.15, -0.1) is 0 Å². The Morgan fingerprint density at radius 2 is 0.893 bits per heavy atom. The van der Waals surface area contributed by atoms with Crippen LogP contribution in [0.2, 0.25) is 0 Å². The van der Waals surface area contributed by atoms with Crippen molar-refractivity contribution in [1.82, 2.24) is 10.2 Å². The minimum atomic E-state index is -0.941. The molecule has 2 aliphatic rings. The summed E-state index contributed by atoms with van der Waals surface area (Å²) in [6.45, 7) is 0.941. The molecular formula is C74H76N2O8. The normalized spacial score (nSPS) is 14.1. The lowest BCUT2D eigenvalue weighted by molar-refractivity contribution is -0.160. The summed E-state index contributed by atoms with van der Waals surface area (Å²) in [7, 11) is 0. The molecule has 8 aromatic carbocycles. The van der Waals surface area contributed by atoms with E-state index in [1.807, 2.05) is 84.9 Å². The summed E-state index contributed by atoms with van der Waals surface area (Å²) in [5.41, 5.74) is 11.7. The lowest BCUT2D eigenvalue weighted by Gasteiger charge is -2.36. The summed E-state index contributed by atoms with van der Waals surface area (Å²) in [5, 5.41) is 13.2. The highest BCUT2D eigenvalue weighted by molar-refractivity contribution is 6.43. The van der Waals surface area contributed by atoms with Gasteiger partial charge in [0, 0.05) is 30.6 Å². The highest BCUT2D eigenvalue weighted by atomic mass is 16.5. The number of hydrogen-bond acceptors (Lipinski definition) is 9. The highest BCUT2D eigenvalue weighted by Gasteiger charge is 2.39. The summed E-state index contributed by atoms with van der Waals surface area (Å²) < 4.78 is 6.26. The van der Waals surface area contributed by atoms with Crippen molar-refractivity contribution in [3.8, 4) is 11.1 Å². The van der Waals surface area contributed by atoms with Gasteiger partial charge in [-0.3, -0.25) is 19.2 Å². The number of esters is 1. The third-order valence-electron chi connectivity index (χ3n) is 15.7. The number of ketones is 2. The molecule has 0 fully saturated rings. The highest BCUT2D eigenvalue weighted by Crippen LogP contribution is 2.28. The van der Waals surface area contributed by atoms with Crippen LogP contribution in [0.5, 0.6) is 0 Å². The van der Waals surface area contributed by atoms with Crippen LogP contribution in [0.25, 0.3) is 11.1 Å². The largest absolute Gasteiger partial charge is 0.461 e. The van der Waals surface area contributed by atoms with Gasteiger partial charge in [-0.2, -0.15) is 0 Å². The van der Waals surface area contributed by atoms with Crippen molar-refractivity contribution in [2.24, 2.45) is 0 Å². The summed E-state index contributed by atoms with van der Waals surface area (Å²) in [6, 6.07) is 69.7. The number of hydrogen-bond donors (Lipinski definition) is 2. The number of benzene rings is 8. The lowest BCUT2D eigenvalue weighted by atomic mass is 9.93. The molecule has 2 aliphatic heterocycles. The van der Waals surface area contributed by atoms with E-state index in [2.05, 4.69) is 90.2 Å². The van der Waals surface area contributed by atoms with Gasteiger partial charge in [0.1, 0.15) is 18.4 Å². The van der Waals surface area contributed by atoms with E-state index >= 15 is 0 Å². The number of nitrogens with one attached hydrogen (secondary N) is 1. The maximum Gasteiger partial charge on any atom is 0.329 e. The SMILES string of the molecule is O=CC(=O)c1ccc(-c2ccc(C(=O)C(=O)N3Cc4ccccc4CC3C(=O)OC(CCCc3ccccc3)CCCc3ccccc3)cc2)cc1.O=CC1Cc2ccccc2CN1.OC(CCCc1ccccc1)CCCc1ccccc1. The number of aryl methyl sites for hydroxylation is 4. The van der Waals surface area contributed by atoms with Crippen LogP contribution in [0, 0.1) is 0 Å². The van der Waals surface area contributed by atoms with Crippen LogP contribution in [0.4, 0.5) is 0 Å². The molecule has 0 aliphatic carbocycles. The first kappa shape index (κ1) is 61.4. The zero-order chi connectivity index (χ0) is 58.7. The van der Waals surface area contributed by atoms with Gasteiger partial charge in [0.2, 0.25) is 11.6 Å². The number of carbonyl (C=O) groups is 6. The van der Waals surface area contributed by atoms with E-state index in [-0.39, 0.29) is 48.6 Å². The van der Waals surface area contributed by atoms with E-state index in [9.17, 15) is 33.9 Å². The van der Waals surface area contributed by atoms with Crippen LogP contribution in [-0.2, 0) is 75.5 Å². The van der Waals surface area contributed by atoms with Crippen LogP contribution in [-0.4, -0.2) is 70.3 Å². The summed E-state index contributed by atoms with van der Waals surface area (Å²) in [4.78, 5) is 76.1. The van der Waals surface area contributed by atoms with E-state index in [0.717, 1.165) is 106 Å². The first-order valence-corrected chi connectivity index (χ1v) is 29.6. The number of fused-ring (bicyclic) bond motifs is 2. The molecule has 0 bridgehead atoms. The third kappa shape index (κ3) is 18.9. The standard InChI is InChI=1S/C45H41NO6.C19H24O.C10H11NO/c47-31-42(48)36-25-21-34(22-26-36)35-23-27-37(28-24-35)43(49)44(50)46-30-39-18-8-7-17-38(39)29-41(46)45(51)52-40(19-9-15-32-11-3-1-4-12-32)20-10-16-33-13-5-2-6-14-33;20-19(15-7-13-17-9-3-1-4-10-17)16-8-14-18-11-5-2-6-12-18;12-7-10-5-8-3-1-2-4-9(8)6-11-10/h1-8,11-14,17-18,21-28,31,40-41H,9-10,15-16,19-20,29-30H2;1-6,9-12,19-20H,7-8,13-16H2;1-4,7,10-11H,5-6H2. The molecule has 0 saturated heterocycles. The summed E-state index contributed by atoms with van der Waals surface area (Å²) >= 11 is 0. The van der Waals surface area contributed by atoms with Crippen molar-refractivity contribution in [2.75, 3.05) is 0 Å². The molecule has 430 valence electrons. The summed E-state index contributed by atoms with van der Waals surface area (Å²) in [5.74, 6) is -2.56. The van der Waals surface area contributed by atoms with Gasteiger partial charge in [0.15, 0.2) is 6.29 Å². The van der Waals surface area contributed by atoms with Crippen LogP contribution in [0.15, 0.2) is 218 Å². The van der Waals surface area contributed by atoms with Crippen LogP contribution in [0.3, 0.4) is 0 Å². The third-order valence-corrected chi connectivity index (χ3v) is 15.7. The first-order chi connectivity index (χ1) is 41.1. The Bertz CT molecular complexity index is 3240. The predicted octanol–water partition coefficient (Wildman–Crippen LogP) is 13.1. The monoisotopic (exact) mass is 1120 g/mol. The van der Waals surface area contributed by atoms with Gasteiger partial charge in [0.05, 0.1) is 12.1 Å². The van der Waals surface area contributed by atoms with Crippen molar-refractivity contribution in [2.45, 2.75) is 127 Å². The molecule has 2 heterocycles. The Hall–Kier alpha value is -8.70. The quantitative estimate of drug-likeness (QED) is 0.0261. The molecule has 0 saturated carbocycles. The number of ether oxygens (including phenoxy) is 1. The first-order valence-electron chi connectivity index (χ1n) is 29.6. The number of rotatable bonds is 24. The maximum atomic E-state index is 14.1. The fourth-order valence-corrected chi connectivity index (χ4v) is 10.9. The van der Waals surface area contributed by atoms with Crippen molar-refractivity contribution in [1.29, 1.82) is 0 Å². The number of aliphatic hydroxyl groups excluding tert-OH is 1. The Morgan fingerprint density at radius 3 is 1.35 bits per heavy atom. The molecule has 10 nitrogen and oxygen atoms in total. The number of aldehydes is 2. The van der Waals surface area contributed by atoms with Crippen molar-refractivity contribution in [3.05, 3.63) is 274 Å². The van der Waals surface area contributed by atoms with E-state index in [4.69, 9.17) is 4.74 Å². The van der Waals surface area contributed by atoms with Crippen molar-refractivity contribution >= 4 is 36.0 Å². The number of amides is 1. The van der Waals surface area contributed by atoms with E-state index in [0.29, 0.717) is 12.8 Å². The second-order valence-corrected chi connectivity index (χ2v) is 21.7. The van der Waals surface area contributed by atoms with Crippen molar-refractivity contribution in [3.63, 3.8) is 0 Å². The van der Waals surface area contributed by atoms with Gasteiger partial charge in [0.25, 0.3) is 5.91 Å². The van der Waals surface area contributed by atoms with E-state index < -0.39 is 29.5 Å². The second kappa shape index (κ2) is 32.8. The average molecular weight is 1120 g/mol. The topological polar surface area (TPSA) is 147 Å². The van der Waals surface area contributed by atoms with Gasteiger partial charge in [-0.05, 0) is 139 Å². The number of Topliss-reactive ketones (excluding diaryl/α,β-unsaturated/α-hetero) is 2. The molecule has 1 amide bonds. The van der Waals surface area contributed by atoms with Crippen LogP contribution < -0.4 is 5.32 Å². The smallest absolute Gasteiger partial charge is 0.329 e. The molecule has 10 heteroatoms. The van der Waals surface area contributed by atoms with Crippen LogP contribution in [0.1, 0.15) is 117 Å². The number of carbonyl (C=O) groups excluding carboxylic acids is 6. The van der Waals surface area contributed by atoms with Gasteiger partial charge < -0.3 is 24.9 Å². The molecule has 0 aromatic heterocycles. The molecule has 2 N–H and O–H groups in total. The Kier molecular flexibility index (Phi) is 24.0. The maximum absolute atomic E-state index is 14.1. The minimum Gasteiger partial charge on any atom is -0.461 e. The molecule has 8 aromatic rings. The Labute approximate surface area is 495 Å². The molecular weight excluding hydrogens is 1040 g/mol. The van der Waals surface area contributed by atoms with E-state index in [1.54, 1.807) is 48.5 Å². The fraction of sp³-hybridized carbons (Fsp3) is 0.270.